The highest BCUT2D eigenvalue weighted by Gasteiger charge is 2.06. The maximum absolute atomic E-state index is 2.34. The molecule has 7 heavy (non-hydrogen) atoms. The minimum atomic E-state index is 0.689. The first-order valence-electron chi connectivity index (χ1n) is 3.06. The van der Waals surface area contributed by atoms with E-state index in [2.05, 4.69) is 20.8 Å². The summed E-state index contributed by atoms with van der Waals surface area (Å²) in [4.78, 5) is 0. The summed E-state index contributed by atoms with van der Waals surface area (Å²) in [5, 5.41) is 0.689. The van der Waals surface area contributed by atoms with Crippen molar-refractivity contribution in [3.05, 3.63) is 0 Å². The molecule has 0 unspecified atom stereocenters. The number of hydrogen-bond acceptors (Lipinski definition) is 0. The summed E-state index contributed by atoms with van der Waals surface area (Å²) in [5.74, 6) is 0. The zero-order chi connectivity index (χ0) is 5.91. The van der Waals surface area contributed by atoms with Gasteiger partial charge in [0.1, 0.15) is 0 Å². The first-order chi connectivity index (χ1) is 3.06. The van der Waals surface area contributed by atoms with E-state index in [1.165, 1.54) is 23.1 Å². The highest BCUT2D eigenvalue weighted by atomic mass is 28.1. The fraction of sp³-hybridized carbons (Fsp3) is 1.00. The van der Waals surface area contributed by atoms with Gasteiger partial charge in [-0.2, -0.15) is 0 Å². The van der Waals surface area contributed by atoms with Gasteiger partial charge in [-0.1, -0.05) is 33.6 Å². The molecule has 0 N–H and O–H groups in total. The Labute approximate surface area is 49.7 Å². The van der Waals surface area contributed by atoms with Gasteiger partial charge in [0.2, 0.25) is 0 Å². The molecule has 0 aromatic carbocycles. The van der Waals surface area contributed by atoms with Crippen LogP contribution >= 0.6 is 0 Å². The lowest BCUT2D eigenvalue weighted by Crippen LogP contribution is -1.99. The van der Waals surface area contributed by atoms with Gasteiger partial charge in [0.15, 0.2) is 0 Å². The minimum Gasteiger partial charge on any atom is -0.0654 e. The Bertz CT molecular complexity index is 42.6. The van der Waals surface area contributed by atoms with Crippen molar-refractivity contribution in [2.45, 2.75) is 38.7 Å². The lowest BCUT2D eigenvalue weighted by molar-refractivity contribution is 0.601. The molecule has 0 bridgehead atoms. The third-order valence-corrected chi connectivity index (χ3v) is 1.50. The summed E-state index contributed by atoms with van der Waals surface area (Å²) >= 11 is 0. The predicted octanol–water partition coefficient (Wildman–Crippen LogP) is 1.35. The molecule has 0 aliphatic carbocycles. The Morgan fingerprint density at radius 3 is 1.86 bits per heavy atom. The van der Waals surface area contributed by atoms with Crippen LogP contribution in [-0.4, -0.2) is 10.2 Å². The molecule has 0 aromatic rings. The van der Waals surface area contributed by atoms with Crippen molar-refractivity contribution in [1.82, 2.24) is 0 Å². The first kappa shape index (κ1) is 7.22. The van der Waals surface area contributed by atoms with E-state index >= 15 is 0 Å². The molecule has 0 aliphatic heterocycles. The smallest absolute Gasteiger partial charge is 0.00994 e. The summed E-state index contributed by atoms with van der Waals surface area (Å²) < 4.78 is 0. The van der Waals surface area contributed by atoms with Crippen molar-refractivity contribution >= 4 is 10.2 Å². The van der Waals surface area contributed by atoms with Crippen LogP contribution in [0, 0.1) is 0 Å². The summed E-state index contributed by atoms with van der Waals surface area (Å²) in [6, 6.07) is 0. The number of hydrogen-bond donors (Lipinski definition) is 0. The molecule has 0 heterocycles. The molecule has 0 fully saturated rings. The Morgan fingerprint density at radius 1 is 1.43 bits per heavy atom. The van der Waals surface area contributed by atoms with Crippen molar-refractivity contribution in [3.63, 3.8) is 0 Å². The SMILES string of the molecule is CCCC(C)(C)[SiH3]. The Morgan fingerprint density at radius 2 is 1.86 bits per heavy atom. The van der Waals surface area contributed by atoms with Crippen molar-refractivity contribution in [2.75, 3.05) is 0 Å². The monoisotopic (exact) mass is 116 g/mol. The normalized spacial score (nSPS) is 12.4. The predicted molar refractivity (Wildman–Crippen MR) is 38.9 cm³/mol. The van der Waals surface area contributed by atoms with E-state index in [-0.39, 0.29) is 0 Å². The lowest BCUT2D eigenvalue weighted by Gasteiger charge is -2.15. The molecule has 0 rings (SSSR count). The molecule has 0 amide bonds. The van der Waals surface area contributed by atoms with Gasteiger partial charge >= 0.3 is 0 Å². The van der Waals surface area contributed by atoms with Gasteiger partial charge < -0.3 is 0 Å². The minimum absolute atomic E-state index is 0.689. The van der Waals surface area contributed by atoms with E-state index in [1.54, 1.807) is 0 Å². The number of rotatable bonds is 2. The molecule has 0 atom stereocenters. The molecule has 0 radical (unpaired) electrons. The molecule has 0 aromatic heterocycles. The third kappa shape index (κ3) is 6.22. The molecule has 0 spiro atoms. The first-order valence-corrected chi connectivity index (χ1v) is 4.06. The largest absolute Gasteiger partial charge is 0.0654 e. The second kappa shape index (κ2) is 2.51. The fourth-order valence-electron chi connectivity index (χ4n) is 0.750. The topological polar surface area (TPSA) is 0 Å². The molecule has 0 saturated heterocycles. The van der Waals surface area contributed by atoms with Gasteiger partial charge in [-0.15, -0.1) is 0 Å². The average molecular weight is 116 g/mol. The molecule has 0 nitrogen and oxygen atoms in total. The van der Waals surface area contributed by atoms with Crippen LogP contribution in [0.25, 0.3) is 0 Å². The molecule has 1 heteroatoms. The zero-order valence-corrected chi connectivity index (χ0v) is 7.91. The van der Waals surface area contributed by atoms with Gasteiger partial charge in [-0.25, -0.2) is 0 Å². The van der Waals surface area contributed by atoms with Gasteiger partial charge in [0, 0.05) is 10.2 Å². The Kier molecular flexibility index (Phi) is 2.58. The van der Waals surface area contributed by atoms with Gasteiger partial charge in [0.05, 0.1) is 0 Å². The van der Waals surface area contributed by atoms with Crippen LogP contribution in [0.2, 0.25) is 5.04 Å². The summed E-state index contributed by atoms with van der Waals surface area (Å²) in [6.07, 6.45) is 2.75. The van der Waals surface area contributed by atoms with Crippen LogP contribution in [-0.2, 0) is 0 Å². The van der Waals surface area contributed by atoms with Crippen molar-refractivity contribution < 1.29 is 0 Å². The van der Waals surface area contributed by atoms with Crippen molar-refractivity contribution in [2.24, 2.45) is 0 Å². The van der Waals surface area contributed by atoms with Gasteiger partial charge in [-0.05, 0) is 5.04 Å². The van der Waals surface area contributed by atoms with Crippen LogP contribution in [0.1, 0.15) is 33.6 Å². The third-order valence-electron chi connectivity index (χ3n) is 1.000. The molecule has 0 saturated carbocycles. The standard InChI is InChI=1S/C6H16Si/c1-4-5-6(2,3)7/h4-5H2,1-3,7H3. The quantitative estimate of drug-likeness (QED) is 0.478. The maximum Gasteiger partial charge on any atom is 0.00994 e. The van der Waals surface area contributed by atoms with Crippen LogP contribution in [0.5, 0.6) is 0 Å². The van der Waals surface area contributed by atoms with Crippen molar-refractivity contribution in [3.8, 4) is 0 Å². The lowest BCUT2D eigenvalue weighted by atomic mass is 10.1. The molecule has 44 valence electrons. The second-order valence-corrected chi connectivity index (χ2v) is 6.02. The molecular formula is C6H16Si. The molecule has 0 aliphatic rings. The fourth-order valence-corrected chi connectivity index (χ4v) is 1.25. The summed E-state index contributed by atoms with van der Waals surface area (Å²) in [5.41, 5.74) is 0. The summed E-state index contributed by atoms with van der Waals surface area (Å²) in [7, 11) is 1.34. The van der Waals surface area contributed by atoms with Crippen LogP contribution in [0.3, 0.4) is 0 Å². The van der Waals surface area contributed by atoms with Crippen LogP contribution in [0.4, 0.5) is 0 Å². The van der Waals surface area contributed by atoms with Gasteiger partial charge in [0.25, 0.3) is 0 Å². The highest BCUT2D eigenvalue weighted by molar-refractivity contribution is 6.14. The van der Waals surface area contributed by atoms with E-state index in [0.29, 0.717) is 5.04 Å². The van der Waals surface area contributed by atoms with E-state index < -0.39 is 0 Å². The summed E-state index contributed by atoms with van der Waals surface area (Å²) in [6.45, 7) is 6.92. The zero-order valence-electron chi connectivity index (χ0n) is 5.91. The average Bonchev–Trinajstić information content (AvgIpc) is 1.30. The van der Waals surface area contributed by atoms with Gasteiger partial charge in [-0.3, -0.25) is 0 Å². The maximum atomic E-state index is 2.34. The second-order valence-electron chi connectivity index (χ2n) is 3.31. The van der Waals surface area contributed by atoms with E-state index in [0.717, 1.165) is 0 Å². The van der Waals surface area contributed by atoms with Crippen molar-refractivity contribution in [1.29, 1.82) is 0 Å². The van der Waals surface area contributed by atoms with Crippen LogP contribution in [0.15, 0.2) is 0 Å². The van der Waals surface area contributed by atoms with E-state index in [1.807, 2.05) is 0 Å². The highest BCUT2D eigenvalue weighted by Crippen LogP contribution is 2.24. The van der Waals surface area contributed by atoms with E-state index in [9.17, 15) is 0 Å². The van der Waals surface area contributed by atoms with E-state index in [4.69, 9.17) is 0 Å². The molecular weight excluding hydrogens is 100 g/mol. The van der Waals surface area contributed by atoms with Crippen LogP contribution < -0.4 is 0 Å². The Balaban J connectivity index is 3.15. The Hall–Kier alpha value is 0.217.